The van der Waals surface area contributed by atoms with Crippen LogP contribution >= 0.6 is 0 Å². The average Bonchev–Trinajstić information content (AvgIpc) is 2.79. The molecule has 2 aromatic rings. The van der Waals surface area contributed by atoms with Crippen molar-refractivity contribution in [1.82, 2.24) is 4.31 Å². The lowest BCUT2D eigenvalue weighted by Gasteiger charge is -2.26. The fraction of sp³-hybridized carbons (Fsp3) is 0.409. The fourth-order valence-corrected chi connectivity index (χ4v) is 4.95. The van der Waals surface area contributed by atoms with Gasteiger partial charge in [0.25, 0.3) is 5.91 Å². The summed E-state index contributed by atoms with van der Waals surface area (Å²) in [7, 11) is -3.91. The highest BCUT2D eigenvalue weighted by Crippen LogP contribution is 2.31. The van der Waals surface area contributed by atoms with Crippen molar-refractivity contribution in [2.45, 2.75) is 31.6 Å². The lowest BCUT2D eigenvalue weighted by Crippen LogP contribution is -2.40. The maximum Gasteiger partial charge on any atom is 0.312 e. The Labute approximate surface area is 192 Å². The maximum absolute atomic E-state index is 12.8. The largest absolute Gasteiger partial charge is 0.477 e. The Balaban J connectivity index is 1.76. The number of aryl methyl sites for hydroxylation is 1. The van der Waals surface area contributed by atoms with E-state index in [2.05, 4.69) is 5.32 Å². The van der Waals surface area contributed by atoms with Crippen molar-refractivity contribution in [3.05, 3.63) is 57.6 Å². The van der Waals surface area contributed by atoms with Crippen LogP contribution in [0.25, 0.3) is 0 Å². The normalized spacial score (nSPS) is 14.8. The van der Waals surface area contributed by atoms with Gasteiger partial charge >= 0.3 is 5.69 Å². The molecule has 10 nitrogen and oxygen atoms in total. The van der Waals surface area contributed by atoms with Gasteiger partial charge in [0.15, 0.2) is 12.4 Å². The molecule has 0 unspecified atom stereocenters. The molecule has 0 atom stereocenters. The van der Waals surface area contributed by atoms with Crippen LogP contribution in [0.1, 0.15) is 30.9 Å². The zero-order valence-electron chi connectivity index (χ0n) is 18.7. The van der Waals surface area contributed by atoms with Crippen molar-refractivity contribution in [3.63, 3.8) is 0 Å². The van der Waals surface area contributed by atoms with Crippen LogP contribution in [-0.2, 0) is 19.6 Å². The predicted octanol–water partition coefficient (Wildman–Crippen LogP) is 3.07. The third-order valence-corrected chi connectivity index (χ3v) is 7.18. The third-order valence-electron chi connectivity index (χ3n) is 5.29. The molecule has 178 valence electrons. The highest BCUT2D eigenvalue weighted by atomic mass is 32.2. The monoisotopic (exact) mass is 477 g/mol. The van der Waals surface area contributed by atoms with Crippen molar-refractivity contribution < 1.29 is 27.6 Å². The molecule has 0 aromatic heterocycles. The molecule has 0 radical (unpaired) electrons. The quantitative estimate of drug-likeness (QED) is 0.457. The van der Waals surface area contributed by atoms with E-state index in [-0.39, 0.29) is 42.9 Å². The smallest absolute Gasteiger partial charge is 0.312 e. The molecule has 1 aliphatic heterocycles. The molecule has 2 aromatic carbocycles. The van der Waals surface area contributed by atoms with Crippen LogP contribution in [0, 0.1) is 17.0 Å². The van der Waals surface area contributed by atoms with Gasteiger partial charge in [-0.25, -0.2) is 8.42 Å². The van der Waals surface area contributed by atoms with Gasteiger partial charge in [-0.15, -0.1) is 0 Å². The number of anilines is 1. The summed E-state index contributed by atoms with van der Waals surface area (Å²) in [6.07, 6.45) is 0. The molecule has 1 fully saturated rings. The first-order valence-electron chi connectivity index (χ1n) is 10.5. The summed E-state index contributed by atoms with van der Waals surface area (Å²) in [5.41, 5.74) is 2.00. The minimum atomic E-state index is -3.91. The number of ether oxygens (including phenoxy) is 2. The number of hydrogen-bond donors (Lipinski definition) is 1. The van der Waals surface area contributed by atoms with Crippen LogP contribution in [0.5, 0.6) is 5.75 Å². The second kappa shape index (κ2) is 10.3. The zero-order chi connectivity index (χ0) is 24.2. The second-order valence-electron chi connectivity index (χ2n) is 7.93. The number of nitrogens with one attached hydrogen (secondary N) is 1. The lowest BCUT2D eigenvalue weighted by molar-refractivity contribution is -0.386. The first-order valence-corrected chi connectivity index (χ1v) is 11.9. The number of sulfonamides is 1. The second-order valence-corrected chi connectivity index (χ2v) is 9.87. The summed E-state index contributed by atoms with van der Waals surface area (Å²) in [5.74, 6) is -0.487. The molecule has 11 heteroatoms. The zero-order valence-corrected chi connectivity index (χ0v) is 19.6. The third kappa shape index (κ3) is 5.67. The van der Waals surface area contributed by atoms with Crippen LogP contribution in [0.2, 0.25) is 0 Å². The molecule has 0 saturated carbocycles. The van der Waals surface area contributed by atoms with Crippen molar-refractivity contribution in [3.8, 4) is 5.75 Å². The molecule has 1 amide bonds. The summed E-state index contributed by atoms with van der Waals surface area (Å²) >= 11 is 0. The topological polar surface area (TPSA) is 128 Å². The van der Waals surface area contributed by atoms with Gasteiger partial charge in [0.1, 0.15) is 0 Å². The van der Waals surface area contributed by atoms with Gasteiger partial charge in [0.2, 0.25) is 10.0 Å². The number of nitro benzene ring substituents is 1. The number of para-hydroxylation sites is 1. The number of amides is 1. The Hall–Kier alpha value is -3.02. The molecule has 0 bridgehead atoms. The Bertz CT molecular complexity index is 1140. The van der Waals surface area contributed by atoms with E-state index in [1.54, 1.807) is 0 Å². The Kier molecular flexibility index (Phi) is 7.67. The number of carbonyl (C=O) groups is 1. The SMILES string of the molecule is Cc1cccc(C(C)C)c1NC(=O)COc1ccc(S(=O)(=O)N2CCOCC2)cc1[N+](=O)[O-]. The number of hydrogen-bond acceptors (Lipinski definition) is 7. The highest BCUT2D eigenvalue weighted by molar-refractivity contribution is 7.89. The molecule has 1 heterocycles. The van der Waals surface area contributed by atoms with Crippen LogP contribution in [0.3, 0.4) is 0 Å². The molecule has 0 spiro atoms. The predicted molar refractivity (Wildman–Crippen MR) is 122 cm³/mol. The van der Waals surface area contributed by atoms with E-state index in [9.17, 15) is 23.3 Å². The molecule has 1 saturated heterocycles. The van der Waals surface area contributed by atoms with Gasteiger partial charge in [-0.3, -0.25) is 14.9 Å². The van der Waals surface area contributed by atoms with Gasteiger partial charge in [-0.05, 0) is 36.1 Å². The Morgan fingerprint density at radius 1 is 1.24 bits per heavy atom. The summed E-state index contributed by atoms with van der Waals surface area (Å²) in [5, 5.41) is 14.4. The number of morpholine rings is 1. The van der Waals surface area contributed by atoms with E-state index in [0.29, 0.717) is 5.69 Å². The van der Waals surface area contributed by atoms with E-state index >= 15 is 0 Å². The van der Waals surface area contributed by atoms with Gasteiger partial charge in [-0.1, -0.05) is 32.0 Å². The number of benzene rings is 2. The van der Waals surface area contributed by atoms with Crippen molar-refractivity contribution in [2.75, 3.05) is 38.2 Å². The summed E-state index contributed by atoms with van der Waals surface area (Å²) in [4.78, 5) is 23.1. The maximum atomic E-state index is 12.8. The first kappa shape index (κ1) is 24.6. The van der Waals surface area contributed by atoms with Crippen LogP contribution in [-0.4, -0.2) is 56.5 Å². The van der Waals surface area contributed by atoms with E-state index < -0.39 is 33.1 Å². The minimum absolute atomic E-state index is 0.172. The molecular weight excluding hydrogens is 450 g/mol. The molecule has 33 heavy (non-hydrogen) atoms. The number of nitro groups is 1. The summed E-state index contributed by atoms with van der Waals surface area (Å²) in [6.45, 7) is 6.29. The molecule has 1 aliphatic rings. The van der Waals surface area contributed by atoms with Crippen molar-refractivity contribution >= 4 is 27.3 Å². The minimum Gasteiger partial charge on any atom is -0.477 e. The molecule has 0 aliphatic carbocycles. The van der Waals surface area contributed by atoms with Crippen LogP contribution in [0.15, 0.2) is 41.3 Å². The standard InChI is InChI=1S/C22H27N3O7S/c1-15(2)18-6-4-5-16(3)22(18)23-21(26)14-32-20-8-7-17(13-19(20)25(27)28)33(29,30)24-9-11-31-12-10-24/h4-8,13,15H,9-12,14H2,1-3H3,(H,23,26). The highest BCUT2D eigenvalue weighted by Gasteiger charge is 2.29. The van der Waals surface area contributed by atoms with Gasteiger partial charge < -0.3 is 14.8 Å². The first-order chi connectivity index (χ1) is 15.6. The van der Waals surface area contributed by atoms with E-state index in [1.165, 1.54) is 16.4 Å². The summed E-state index contributed by atoms with van der Waals surface area (Å²) in [6, 6.07) is 9.10. The Morgan fingerprint density at radius 3 is 2.58 bits per heavy atom. The van der Waals surface area contributed by atoms with Crippen molar-refractivity contribution in [1.29, 1.82) is 0 Å². The number of carbonyl (C=O) groups excluding carboxylic acids is 1. The average molecular weight is 478 g/mol. The van der Waals surface area contributed by atoms with E-state index in [1.807, 2.05) is 39.0 Å². The van der Waals surface area contributed by atoms with Gasteiger partial charge in [-0.2, -0.15) is 4.31 Å². The molecule has 1 N–H and O–H groups in total. The van der Waals surface area contributed by atoms with Gasteiger partial charge in [0.05, 0.1) is 23.0 Å². The van der Waals surface area contributed by atoms with E-state index in [0.717, 1.165) is 17.2 Å². The lowest BCUT2D eigenvalue weighted by atomic mass is 9.98. The van der Waals surface area contributed by atoms with E-state index in [4.69, 9.17) is 9.47 Å². The van der Waals surface area contributed by atoms with Crippen molar-refractivity contribution in [2.24, 2.45) is 0 Å². The fourth-order valence-electron chi connectivity index (χ4n) is 3.52. The van der Waals surface area contributed by atoms with Crippen LogP contribution in [0.4, 0.5) is 11.4 Å². The summed E-state index contributed by atoms with van der Waals surface area (Å²) < 4.78 is 37.4. The number of nitrogens with zero attached hydrogens (tertiary/aromatic N) is 2. The van der Waals surface area contributed by atoms with Gasteiger partial charge in [0, 0.05) is 24.8 Å². The van der Waals surface area contributed by atoms with Crippen LogP contribution < -0.4 is 10.1 Å². The number of rotatable bonds is 8. The molecule has 3 rings (SSSR count). The Morgan fingerprint density at radius 2 is 1.94 bits per heavy atom. The molecular formula is C22H27N3O7S.